The molecular formula is C13H16O6. The third-order valence-corrected chi connectivity index (χ3v) is 2.55. The number of rotatable bonds is 6. The first-order valence-corrected chi connectivity index (χ1v) is 5.71. The van der Waals surface area contributed by atoms with Crippen molar-refractivity contribution >= 4 is 12.3 Å². The molecule has 2 unspecified atom stereocenters. The number of methoxy groups -OCH3 is 1. The standard InChI is InChI=1S/C13H16O6/c1-3-19-13(17)12(16)11(15)8-4-5-10(18-2)9(6-8)7-14/h4-7,11-12,15-16H,3H2,1-2H3. The van der Waals surface area contributed by atoms with Crippen LogP contribution in [0.1, 0.15) is 28.9 Å². The molecule has 2 N–H and O–H groups in total. The normalized spacial score (nSPS) is 13.5. The molecule has 1 aromatic carbocycles. The van der Waals surface area contributed by atoms with E-state index in [2.05, 4.69) is 4.74 Å². The van der Waals surface area contributed by atoms with E-state index in [1.807, 2.05) is 0 Å². The van der Waals surface area contributed by atoms with E-state index in [1.54, 1.807) is 6.92 Å². The zero-order valence-electron chi connectivity index (χ0n) is 10.7. The fourth-order valence-corrected chi connectivity index (χ4v) is 1.57. The lowest BCUT2D eigenvalue weighted by atomic mass is 10.0. The Morgan fingerprint density at radius 3 is 2.63 bits per heavy atom. The van der Waals surface area contributed by atoms with Gasteiger partial charge in [0.1, 0.15) is 11.9 Å². The van der Waals surface area contributed by atoms with Crippen LogP contribution in [0.5, 0.6) is 5.75 Å². The van der Waals surface area contributed by atoms with Crippen LogP contribution in [-0.2, 0) is 9.53 Å². The average Bonchev–Trinajstić information content (AvgIpc) is 2.45. The molecule has 6 heteroatoms. The molecule has 0 heterocycles. The second kappa shape index (κ2) is 6.86. The summed E-state index contributed by atoms with van der Waals surface area (Å²) >= 11 is 0. The Labute approximate surface area is 110 Å². The van der Waals surface area contributed by atoms with Crippen LogP contribution in [0.3, 0.4) is 0 Å². The van der Waals surface area contributed by atoms with Crippen LogP contribution in [0.4, 0.5) is 0 Å². The van der Waals surface area contributed by atoms with Gasteiger partial charge in [-0.25, -0.2) is 4.79 Å². The van der Waals surface area contributed by atoms with Crippen molar-refractivity contribution in [3.63, 3.8) is 0 Å². The summed E-state index contributed by atoms with van der Waals surface area (Å²) in [5.74, 6) is -0.574. The lowest BCUT2D eigenvalue weighted by Gasteiger charge is -2.17. The van der Waals surface area contributed by atoms with Gasteiger partial charge in [-0.2, -0.15) is 0 Å². The number of aliphatic hydroxyl groups excluding tert-OH is 2. The third kappa shape index (κ3) is 3.52. The summed E-state index contributed by atoms with van der Waals surface area (Å²) in [7, 11) is 1.41. The summed E-state index contributed by atoms with van der Waals surface area (Å²) in [5.41, 5.74) is 0.443. The van der Waals surface area contributed by atoms with Crippen molar-refractivity contribution in [3.8, 4) is 5.75 Å². The highest BCUT2D eigenvalue weighted by Crippen LogP contribution is 2.24. The Morgan fingerprint density at radius 1 is 1.42 bits per heavy atom. The van der Waals surface area contributed by atoms with E-state index < -0.39 is 18.2 Å². The maximum Gasteiger partial charge on any atom is 0.338 e. The Balaban J connectivity index is 2.96. The van der Waals surface area contributed by atoms with Gasteiger partial charge in [0.05, 0.1) is 19.3 Å². The van der Waals surface area contributed by atoms with Crippen LogP contribution < -0.4 is 4.74 Å². The van der Waals surface area contributed by atoms with Gasteiger partial charge in [-0.3, -0.25) is 4.79 Å². The van der Waals surface area contributed by atoms with Crippen LogP contribution in [0.25, 0.3) is 0 Å². The fourth-order valence-electron chi connectivity index (χ4n) is 1.57. The minimum atomic E-state index is -1.70. The van der Waals surface area contributed by atoms with Crippen molar-refractivity contribution in [2.24, 2.45) is 0 Å². The van der Waals surface area contributed by atoms with E-state index in [0.717, 1.165) is 0 Å². The highest BCUT2D eigenvalue weighted by atomic mass is 16.5. The summed E-state index contributed by atoms with van der Waals surface area (Å²) < 4.78 is 9.56. The molecule has 0 saturated heterocycles. The molecule has 0 radical (unpaired) electrons. The number of ether oxygens (including phenoxy) is 2. The number of carbonyl (C=O) groups excluding carboxylic acids is 2. The van der Waals surface area contributed by atoms with Gasteiger partial charge in [-0.05, 0) is 24.6 Å². The van der Waals surface area contributed by atoms with Crippen molar-refractivity contribution < 1.29 is 29.3 Å². The molecule has 19 heavy (non-hydrogen) atoms. The van der Waals surface area contributed by atoms with Gasteiger partial charge in [-0.15, -0.1) is 0 Å². The summed E-state index contributed by atoms with van der Waals surface area (Å²) in [6.07, 6.45) is -2.61. The maximum atomic E-state index is 11.3. The van der Waals surface area contributed by atoms with Crippen molar-refractivity contribution in [2.75, 3.05) is 13.7 Å². The molecule has 0 aromatic heterocycles. The Kier molecular flexibility index (Phi) is 5.47. The molecule has 2 atom stereocenters. The molecule has 0 aliphatic rings. The van der Waals surface area contributed by atoms with Crippen LogP contribution in [0.15, 0.2) is 18.2 Å². The van der Waals surface area contributed by atoms with Gasteiger partial charge in [-0.1, -0.05) is 6.07 Å². The van der Waals surface area contributed by atoms with Crippen LogP contribution in [0.2, 0.25) is 0 Å². The first-order valence-electron chi connectivity index (χ1n) is 5.71. The number of esters is 1. The molecule has 0 aliphatic carbocycles. The number of hydrogen-bond donors (Lipinski definition) is 2. The number of carbonyl (C=O) groups is 2. The number of hydrogen-bond acceptors (Lipinski definition) is 6. The van der Waals surface area contributed by atoms with Crippen molar-refractivity contribution in [1.82, 2.24) is 0 Å². The first kappa shape index (κ1) is 15.1. The lowest BCUT2D eigenvalue weighted by Crippen LogP contribution is -2.29. The summed E-state index contributed by atoms with van der Waals surface area (Å²) in [4.78, 5) is 22.2. The van der Waals surface area contributed by atoms with Crippen LogP contribution in [0, 0.1) is 0 Å². The Bertz CT molecular complexity index is 456. The van der Waals surface area contributed by atoms with Gasteiger partial charge in [0, 0.05) is 0 Å². The van der Waals surface area contributed by atoms with Crippen LogP contribution >= 0.6 is 0 Å². The zero-order valence-corrected chi connectivity index (χ0v) is 10.7. The van der Waals surface area contributed by atoms with Gasteiger partial charge in [0.2, 0.25) is 0 Å². The number of aliphatic hydroxyl groups is 2. The quantitative estimate of drug-likeness (QED) is 0.575. The summed E-state index contributed by atoms with van der Waals surface area (Å²) in [6.45, 7) is 1.69. The van der Waals surface area contributed by atoms with E-state index in [4.69, 9.17) is 4.74 Å². The second-order valence-electron chi connectivity index (χ2n) is 3.76. The first-order chi connectivity index (χ1) is 9.04. The minimum absolute atomic E-state index is 0.102. The largest absolute Gasteiger partial charge is 0.496 e. The molecule has 104 valence electrons. The number of aldehydes is 1. The molecule has 0 amide bonds. The molecule has 1 aromatic rings. The minimum Gasteiger partial charge on any atom is -0.496 e. The number of benzene rings is 1. The van der Waals surface area contributed by atoms with E-state index in [0.29, 0.717) is 12.0 Å². The predicted octanol–water partition coefficient (Wildman–Crippen LogP) is 0.465. The van der Waals surface area contributed by atoms with Gasteiger partial charge in [0.15, 0.2) is 12.4 Å². The lowest BCUT2D eigenvalue weighted by molar-refractivity contribution is -0.159. The average molecular weight is 268 g/mol. The van der Waals surface area contributed by atoms with Crippen molar-refractivity contribution in [2.45, 2.75) is 19.1 Å². The van der Waals surface area contributed by atoms with E-state index >= 15 is 0 Å². The molecule has 0 aliphatic heterocycles. The summed E-state index contributed by atoms with van der Waals surface area (Å²) in [5, 5.41) is 19.5. The highest BCUT2D eigenvalue weighted by molar-refractivity contribution is 5.80. The monoisotopic (exact) mass is 268 g/mol. The maximum absolute atomic E-state index is 11.3. The van der Waals surface area contributed by atoms with E-state index in [1.165, 1.54) is 25.3 Å². The molecule has 1 rings (SSSR count). The Morgan fingerprint density at radius 2 is 2.11 bits per heavy atom. The third-order valence-electron chi connectivity index (χ3n) is 2.55. The smallest absolute Gasteiger partial charge is 0.338 e. The van der Waals surface area contributed by atoms with Crippen molar-refractivity contribution in [3.05, 3.63) is 29.3 Å². The predicted molar refractivity (Wildman–Crippen MR) is 66.0 cm³/mol. The molecule has 0 fully saturated rings. The summed E-state index contributed by atoms with van der Waals surface area (Å²) in [6, 6.07) is 4.28. The van der Waals surface area contributed by atoms with Crippen molar-refractivity contribution in [1.29, 1.82) is 0 Å². The molecule has 0 saturated carbocycles. The fraction of sp³-hybridized carbons (Fsp3) is 0.385. The molecule has 0 bridgehead atoms. The molecule has 6 nitrogen and oxygen atoms in total. The zero-order chi connectivity index (χ0) is 14.4. The topological polar surface area (TPSA) is 93.1 Å². The SMILES string of the molecule is CCOC(=O)C(O)C(O)c1ccc(OC)c(C=O)c1. The van der Waals surface area contributed by atoms with E-state index in [-0.39, 0.29) is 17.7 Å². The second-order valence-corrected chi connectivity index (χ2v) is 3.76. The van der Waals surface area contributed by atoms with Gasteiger partial charge < -0.3 is 19.7 Å². The molecular weight excluding hydrogens is 252 g/mol. The molecule has 0 spiro atoms. The van der Waals surface area contributed by atoms with Crippen LogP contribution in [-0.4, -0.2) is 42.3 Å². The highest BCUT2D eigenvalue weighted by Gasteiger charge is 2.27. The Hall–Kier alpha value is -1.92. The van der Waals surface area contributed by atoms with Gasteiger partial charge in [0.25, 0.3) is 0 Å². The van der Waals surface area contributed by atoms with E-state index in [9.17, 15) is 19.8 Å². The van der Waals surface area contributed by atoms with Gasteiger partial charge >= 0.3 is 5.97 Å².